The van der Waals surface area contributed by atoms with Gasteiger partial charge in [0.15, 0.2) is 6.61 Å². The molecule has 53 heavy (non-hydrogen) atoms. The van der Waals surface area contributed by atoms with Crippen LogP contribution in [0.1, 0.15) is 50.1 Å². The third-order valence-electron chi connectivity index (χ3n) is 8.84. The molecule has 3 unspecified atom stereocenters. The zero-order chi connectivity index (χ0) is 38.3. The second kappa shape index (κ2) is 20.0. The summed E-state index contributed by atoms with van der Waals surface area (Å²) >= 11 is 0. The van der Waals surface area contributed by atoms with Crippen molar-refractivity contribution in [1.82, 2.24) is 15.5 Å². The van der Waals surface area contributed by atoms with Crippen molar-refractivity contribution < 1.29 is 38.2 Å². The lowest BCUT2D eigenvalue weighted by molar-refractivity contribution is -0.137. The van der Waals surface area contributed by atoms with Gasteiger partial charge in [0.25, 0.3) is 0 Å². The van der Waals surface area contributed by atoms with Crippen LogP contribution in [0.15, 0.2) is 114 Å². The second-order valence-corrected chi connectivity index (χ2v) is 13.6. The lowest BCUT2D eigenvalue weighted by atomic mass is 9.90. The molecule has 4 rings (SSSR count). The Hall–Kier alpha value is -5.46. The number of nitrogens with zero attached hydrogens (tertiary/aromatic N) is 1. The highest BCUT2D eigenvalue weighted by atomic mass is 16.6. The van der Waals surface area contributed by atoms with Crippen LogP contribution in [0.25, 0.3) is 0 Å². The number of imide groups is 1. The number of nitrogens with two attached hydrogens (primary N) is 1. The SMILES string of the molecule is CC(C)[C@H](N)C(=O)N(C(=O)OCc1ccco1)C(Cc1ccccc1)C(O)C(Cc1ccccc1)NC(=O)[C@@H](NC(=O)OCc1ccccc1)C(C)C. The molecule has 0 bridgehead atoms. The first-order chi connectivity index (χ1) is 25.4. The summed E-state index contributed by atoms with van der Waals surface area (Å²) in [6, 6.07) is 26.1. The average molecular weight is 727 g/mol. The average Bonchev–Trinajstić information content (AvgIpc) is 3.69. The van der Waals surface area contributed by atoms with E-state index in [1.165, 1.54) is 6.26 Å². The van der Waals surface area contributed by atoms with Gasteiger partial charge < -0.3 is 35.4 Å². The number of hydrogen-bond donors (Lipinski definition) is 4. The van der Waals surface area contributed by atoms with Gasteiger partial charge in [-0.05, 0) is 53.5 Å². The van der Waals surface area contributed by atoms with Crippen molar-refractivity contribution in [3.63, 3.8) is 0 Å². The molecular weight excluding hydrogens is 676 g/mol. The fourth-order valence-corrected chi connectivity index (χ4v) is 5.74. The van der Waals surface area contributed by atoms with Gasteiger partial charge in [-0.2, -0.15) is 0 Å². The first kappa shape index (κ1) is 40.3. The minimum Gasteiger partial charge on any atom is -0.466 e. The Labute approximate surface area is 310 Å². The molecule has 0 spiro atoms. The number of alkyl carbamates (subject to hydrolysis) is 1. The van der Waals surface area contributed by atoms with Crippen molar-refractivity contribution in [2.45, 2.75) is 84.0 Å². The zero-order valence-corrected chi connectivity index (χ0v) is 30.6. The Morgan fingerprint density at radius 3 is 1.81 bits per heavy atom. The summed E-state index contributed by atoms with van der Waals surface area (Å²) in [6.45, 7) is 6.78. The maximum Gasteiger partial charge on any atom is 0.417 e. The van der Waals surface area contributed by atoms with Crippen molar-refractivity contribution >= 4 is 24.0 Å². The summed E-state index contributed by atoms with van der Waals surface area (Å²) in [5.41, 5.74) is 8.62. The highest BCUT2D eigenvalue weighted by Gasteiger charge is 2.42. The summed E-state index contributed by atoms with van der Waals surface area (Å²) in [5.74, 6) is -1.74. The molecule has 0 aliphatic heterocycles. The van der Waals surface area contributed by atoms with Crippen LogP contribution in [0.3, 0.4) is 0 Å². The minimum absolute atomic E-state index is 0.00719. The Morgan fingerprint density at radius 1 is 0.717 bits per heavy atom. The number of benzene rings is 3. The minimum atomic E-state index is -1.54. The number of carbonyl (C=O) groups excluding carboxylic acids is 4. The quantitative estimate of drug-likeness (QED) is 0.111. The molecule has 5 atom stereocenters. The Morgan fingerprint density at radius 2 is 1.28 bits per heavy atom. The number of furan rings is 1. The first-order valence-electron chi connectivity index (χ1n) is 17.8. The summed E-state index contributed by atoms with van der Waals surface area (Å²) < 4.78 is 16.3. The lowest BCUT2D eigenvalue weighted by Crippen LogP contribution is -2.63. The number of hydrogen-bond acceptors (Lipinski definition) is 9. The number of carbonyl (C=O) groups is 4. The van der Waals surface area contributed by atoms with Crippen LogP contribution in [-0.4, -0.2) is 64.3 Å². The maximum atomic E-state index is 14.1. The van der Waals surface area contributed by atoms with E-state index in [2.05, 4.69) is 10.6 Å². The van der Waals surface area contributed by atoms with E-state index in [0.29, 0.717) is 11.3 Å². The molecule has 12 heteroatoms. The summed E-state index contributed by atoms with van der Waals surface area (Å²) in [5, 5.41) is 18.0. The molecule has 0 radical (unpaired) electrons. The number of rotatable bonds is 17. The summed E-state index contributed by atoms with van der Waals surface area (Å²) in [4.78, 5) is 55.9. The molecule has 0 saturated heterocycles. The van der Waals surface area contributed by atoms with E-state index in [-0.39, 0.29) is 37.9 Å². The molecule has 0 aliphatic carbocycles. The van der Waals surface area contributed by atoms with Crippen molar-refractivity contribution in [3.8, 4) is 0 Å². The fraction of sp³-hybridized carbons (Fsp3) is 0.366. The molecule has 282 valence electrons. The Bertz CT molecular complexity index is 1720. The fourth-order valence-electron chi connectivity index (χ4n) is 5.74. The first-order valence-corrected chi connectivity index (χ1v) is 17.8. The van der Waals surface area contributed by atoms with Crippen LogP contribution in [0.4, 0.5) is 9.59 Å². The molecule has 4 amide bonds. The van der Waals surface area contributed by atoms with Crippen LogP contribution in [0.2, 0.25) is 0 Å². The summed E-state index contributed by atoms with van der Waals surface area (Å²) in [6.07, 6.45) is -1.81. The van der Waals surface area contributed by atoms with E-state index in [9.17, 15) is 24.3 Å². The Balaban J connectivity index is 1.68. The van der Waals surface area contributed by atoms with Gasteiger partial charge in [-0.3, -0.25) is 9.59 Å². The third kappa shape index (κ3) is 12.0. The van der Waals surface area contributed by atoms with E-state index in [0.717, 1.165) is 16.0 Å². The predicted octanol–water partition coefficient (Wildman–Crippen LogP) is 5.38. The number of amides is 4. The van der Waals surface area contributed by atoms with Gasteiger partial charge in [0.1, 0.15) is 18.4 Å². The standard InChI is InChI=1S/C41H50N4O8/c1-27(2)35(42)39(48)45(41(50)53-26-32-21-14-22-51-32)34(24-30-17-10-6-11-18-30)37(46)33(23-29-15-8-5-9-16-29)43-38(47)36(28(3)4)44-40(49)52-25-31-19-12-7-13-20-31/h5-22,27-28,33-37,46H,23-26,42H2,1-4H3,(H,43,47)(H,44,49)/t33?,34?,35-,36-,37?/m0/s1. The number of ether oxygens (including phenoxy) is 2. The second-order valence-electron chi connectivity index (χ2n) is 13.6. The predicted molar refractivity (Wildman–Crippen MR) is 199 cm³/mol. The number of aliphatic hydroxyl groups is 1. The van der Waals surface area contributed by atoms with Gasteiger partial charge in [-0.15, -0.1) is 0 Å². The molecule has 0 fully saturated rings. The molecule has 0 aliphatic rings. The Kier molecular flexibility index (Phi) is 15.2. The monoisotopic (exact) mass is 726 g/mol. The number of nitrogens with one attached hydrogen (secondary N) is 2. The molecule has 1 heterocycles. The van der Waals surface area contributed by atoms with Gasteiger partial charge in [0.2, 0.25) is 11.8 Å². The van der Waals surface area contributed by atoms with Gasteiger partial charge in [0.05, 0.1) is 30.5 Å². The molecule has 5 N–H and O–H groups in total. The highest BCUT2D eigenvalue weighted by molar-refractivity contribution is 5.95. The van der Waals surface area contributed by atoms with Crippen LogP contribution in [0.5, 0.6) is 0 Å². The number of aliphatic hydroxyl groups excluding tert-OH is 1. The topological polar surface area (TPSA) is 173 Å². The third-order valence-corrected chi connectivity index (χ3v) is 8.84. The van der Waals surface area contributed by atoms with Crippen molar-refractivity contribution in [2.24, 2.45) is 17.6 Å². The summed E-state index contributed by atoms with van der Waals surface area (Å²) in [7, 11) is 0. The van der Waals surface area contributed by atoms with Crippen LogP contribution in [-0.2, 0) is 45.1 Å². The van der Waals surface area contributed by atoms with Crippen LogP contribution < -0.4 is 16.4 Å². The van der Waals surface area contributed by atoms with Gasteiger partial charge >= 0.3 is 12.2 Å². The largest absolute Gasteiger partial charge is 0.466 e. The van der Waals surface area contributed by atoms with Crippen LogP contribution in [0, 0.1) is 11.8 Å². The van der Waals surface area contributed by atoms with E-state index < -0.39 is 54.3 Å². The molecule has 4 aromatic rings. The van der Waals surface area contributed by atoms with Gasteiger partial charge in [-0.25, -0.2) is 14.5 Å². The molecular formula is C41H50N4O8. The molecule has 3 aromatic carbocycles. The van der Waals surface area contributed by atoms with Gasteiger partial charge in [0, 0.05) is 0 Å². The lowest BCUT2D eigenvalue weighted by Gasteiger charge is -2.38. The normalized spacial score (nSPS) is 14.0. The van der Waals surface area contributed by atoms with Crippen molar-refractivity contribution in [2.75, 3.05) is 0 Å². The van der Waals surface area contributed by atoms with Crippen molar-refractivity contribution in [1.29, 1.82) is 0 Å². The van der Waals surface area contributed by atoms with E-state index in [1.807, 2.05) is 78.9 Å². The van der Waals surface area contributed by atoms with E-state index in [4.69, 9.17) is 19.6 Å². The molecule has 0 saturated carbocycles. The van der Waals surface area contributed by atoms with Crippen molar-refractivity contribution in [3.05, 3.63) is 132 Å². The smallest absolute Gasteiger partial charge is 0.417 e. The van der Waals surface area contributed by atoms with Crippen LogP contribution >= 0.6 is 0 Å². The molecule has 12 nitrogen and oxygen atoms in total. The molecule has 1 aromatic heterocycles. The highest BCUT2D eigenvalue weighted by Crippen LogP contribution is 2.22. The zero-order valence-electron chi connectivity index (χ0n) is 30.6. The van der Waals surface area contributed by atoms with E-state index >= 15 is 0 Å². The van der Waals surface area contributed by atoms with E-state index in [1.54, 1.807) is 52.0 Å². The maximum absolute atomic E-state index is 14.1. The van der Waals surface area contributed by atoms with Gasteiger partial charge in [-0.1, -0.05) is 119 Å².